The van der Waals surface area contributed by atoms with E-state index >= 15 is 0 Å². The van der Waals surface area contributed by atoms with Crippen LogP contribution in [0, 0.1) is 0 Å². The normalized spacial score (nSPS) is 22.5. The Morgan fingerprint density at radius 1 is 1.35 bits per heavy atom. The van der Waals surface area contributed by atoms with E-state index in [2.05, 4.69) is 0 Å². The van der Waals surface area contributed by atoms with E-state index in [1.807, 2.05) is 12.3 Å². The molecule has 26 heavy (non-hydrogen) atoms. The fourth-order valence-corrected chi connectivity index (χ4v) is 6.63. The van der Waals surface area contributed by atoms with E-state index in [0.717, 1.165) is 31.2 Å². The van der Waals surface area contributed by atoms with Crippen molar-refractivity contribution in [2.24, 2.45) is 0 Å². The van der Waals surface area contributed by atoms with Gasteiger partial charge in [0.15, 0.2) is 15.9 Å². The number of carbonyl (C=O) groups is 2. The van der Waals surface area contributed by atoms with Crippen molar-refractivity contribution in [3.63, 3.8) is 0 Å². The average Bonchev–Trinajstić information content (AvgIpc) is 3.18. The predicted octanol–water partition coefficient (Wildman–Crippen LogP) is 2.21. The summed E-state index contributed by atoms with van der Waals surface area (Å²) in [6, 6.07) is -0.326. The van der Waals surface area contributed by atoms with E-state index in [1.54, 1.807) is 18.3 Å². The van der Waals surface area contributed by atoms with Crippen LogP contribution in [0.1, 0.15) is 53.9 Å². The van der Waals surface area contributed by atoms with Gasteiger partial charge in [-0.05, 0) is 51.5 Å². The molecule has 0 spiro atoms. The molecule has 1 aliphatic carbocycles. The molecule has 1 aromatic rings. The van der Waals surface area contributed by atoms with Crippen LogP contribution in [0.15, 0.2) is 5.38 Å². The molecule has 3 rings (SSSR count). The minimum absolute atomic E-state index is 0.00865. The molecule has 1 aromatic heterocycles. The van der Waals surface area contributed by atoms with Gasteiger partial charge >= 0.3 is 5.97 Å². The van der Waals surface area contributed by atoms with Gasteiger partial charge in [0.25, 0.3) is 5.91 Å². The molecular weight excluding hydrogens is 374 g/mol. The highest BCUT2D eigenvalue weighted by molar-refractivity contribution is 7.91. The van der Waals surface area contributed by atoms with E-state index in [-0.39, 0.29) is 23.5 Å². The van der Waals surface area contributed by atoms with Crippen LogP contribution in [0.3, 0.4) is 0 Å². The topological polar surface area (TPSA) is 80.8 Å². The summed E-state index contributed by atoms with van der Waals surface area (Å²) < 4.78 is 28.8. The number of thiophene rings is 1. The van der Waals surface area contributed by atoms with Crippen molar-refractivity contribution in [3.05, 3.63) is 21.4 Å². The van der Waals surface area contributed by atoms with Crippen molar-refractivity contribution < 1.29 is 22.7 Å². The SMILES string of the molecule is CCN(C(=O)[C@H](C)OC(=O)c1csc2c1CCCC2)[C@H]1CCS(=O)(=O)C1. The fourth-order valence-electron chi connectivity index (χ4n) is 3.79. The number of rotatable bonds is 5. The van der Waals surface area contributed by atoms with E-state index < -0.39 is 21.9 Å². The molecule has 0 aromatic carbocycles. The monoisotopic (exact) mass is 399 g/mol. The van der Waals surface area contributed by atoms with Crippen LogP contribution in [0.5, 0.6) is 0 Å². The minimum Gasteiger partial charge on any atom is -0.449 e. The largest absolute Gasteiger partial charge is 0.449 e. The van der Waals surface area contributed by atoms with Gasteiger partial charge in [-0.25, -0.2) is 13.2 Å². The summed E-state index contributed by atoms with van der Waals surface area (Å²) >= 11 is 1.58. The Kier molecular flexibility index (Phi) is 5.72. The first-order valence-electron chi connectivity index (χ1n) is 9.13. The highest BCUT2D eigenvalue weighted by atomic mass is 32.2. The Bertz CT molecular complexity index is 799. The minimum atomic E-state index is -3.08. The number of nitrogens with zero attached hydrogens (tertiary/aromatic N) is 1. The first-order valence-corrected chi connectivity index (χ1v) is 11.8. The molecular formula is C18H25NO5S2. The van der Waals surface area contributed by atoms with Gasteiger partial charge in [-0.1, -0.05) is 0 Å². The van der Waals surface area contributed by atoms with Gasteiger partial charge in [0.2, 0.25) is 0 Å². The number of fused-ring (bicyclic) bond motifs is 1. The van der Waals surface area contributed by atoms with Gasteiger partial charge in [0.05, 0.1) is 17.1 Å². The highest BCUT2D eigenvalue weighted by Crippen LogP contribution is 2.31. The number of amides is 1. The third-order valence-electron chi connectivity index (χ3n) is 5.19. The molecule has 2 heterocycles. The molecule has 2 atom stereocenters. The van der Waals surface area contributed by atoms with Crippen molar-refractivity contribution >= 4 is 33.1 Å². The Labute approximate surface area is 158 Å². The molecule has 0 unspecified atom stereocenters. The lowest BCUT2D eigenvalue weighted by atomic mass is 9.96. The molecule has 8 heteroatoms. The van der Waals surface area contributed by atoms with Gasteiger partial charge in [-0.15, -0.1) is 11.3 Å². The number of carbonyl (C=O) groups excluding carboxylic acids is 2. The lowest BCUT2D eigenvalue weighted by Gasteiger charge is -2.29. The second kappa shape index (κ2) is 7.68. The van der Waals surface area contributed by atoms with E-state index in [0.29, 0.717) is 18.5 Å². The summed E-state index contributed by atoms with van der Waals surface area (Å²) in [5, 5.41) is 1.83. The summed E-state index contributed by atoms with van der Waals surface area (Å²) in [4.78, 5) is 28.0. The van der Waals surface area contributed by atoms with E-state index in [4.69, 9.17) is 4.74 Å². The summed E-state index contributed by atoms with van der Waals surface area (Å²) in [6.07, 6.45) is 3.62. The van der Waals surface area contributed by atoms with Gasteiger partial charge in [-0.2, -0.15) is 0 Å². The lowest BCUT2D eigenvalue weighted by molar-refractivity contribution is -0.141. The molecule has 1 aliphatic heterocycles. The molecule has 1 amide bonds. The number of hydrogen-bond donors (Lipinski definition) is 0. The standard InChI is InChI=1S/C18H25NO5S2/c1-3-19(13-8-9-26(22,23)11-13)17(20)12(2)24-18(21)15-10-25-16-7-5-4-6-14(15)16/h10,12-13H,3-9,11H2,1-2H3/t12-,13-/m0/s1. The maximum Gasteiger partial charge on any atom is 0.340 e. The fraction of sp³-hybridized carbons (Fsp3) is 0.667. The van der Waals surface area contributed by atoms with Crippen LogP contribution in [-0.2, 0) is 32.2 Å². The molecule has 0 saturated carbocycles. The molecule has 6 nitrogen and oxygen atoms in total. The van der Waals surface area contributed by atoms with Gasteiger partial charge in [-0.3, -0.25) is 4.79 Å². The number of likely N-dealkylation sites (N-methyl/N-ethyl adjacent to an activating group) is 1. The summed E-state index contributed by atoms with van der Waals surface area (Å²) in [7, 11) is -3.08. The zero-order chi connectivity index (χ0) is 18.9. The zero-order valence-electron chi connectivity index (χ0n) is 15.2. The molecule has 144 valence electrons. The maximum atomic E-state index is 12.7. The molecule has 2 aliphatic rings. The van der Waals surface area contributed by atoms with Crippen LogP contribution >= 0.6 is 11.3 Å². The Hall–Kier alpha value is -1.41. The Morgan fingerprint density at radius 3 is 2.73 bits per heavy atom. The van der Waals surface area contributed by atoms with Crippen molar-refractivity contribution in [1.82, 2.24) is 4.90 Å². The maximum absolute atomic E-state index is 12.7. The summed E-state index contributed by atoms with van der Waals surface area (Å²) in [6.45, 7) is 3.77. The Morgan fingerprint density at radius 2 is 2.08 bits per heavy atom. The van der Waals surface area contributed by atoms with E-state index in [1.165, 1.54) is 9.78 Å². The highest BCUT2D eigenvalue weighted by Gasteiger charge is 2.36. The number of sulfone groups is 1. The summed E-state index contributed by atoms with van der Waals surface area (Å²) in [5.74, 6) is -0.686. The molecule has 0 bridgehead atoms. The van der Waals surface area contributed by atoms with Crippen LogP contribution in [0.25, 0.3) is 0 Å². The quantitative estimate of drug-likeness (QED) is 0.709. The summed E-state index contributed by atoms with van der Waals surface area (Å²) in [5.41, 5.74) is 1.65. The number of esters is 1. The third kappa shape index (κ3) is 3.96. The van der Waals surface area contributed by atoms with Crippen LogP contribution in [0.4, 0.5) is 0 Å². The van der Waals surface area contributed by atoms with Crippen molar-refractivity contribution in [2.45, 2.75) is 58.1 Å². The van der Waals surface area contributed by atoms with Crippen LogP contribution < -0.4 is 0 Å². The molecule has 1 saturated heterocycles. The second-order valence-electron chi connectivity index (χ2n) is 6.99. The third-order valence-corrected chi connectivity index (χ3v) is 8.02. The van der Waals surface area contributed by atoms with Gasteiger partial charge in [0.1, 0.15) is 0 Å². The van der Waals surface area contributed by atoms with Gasteiger partial charge in [0, 0.05) is 22.8 Å². The predicted molar refractivity (Wildman–Crippen MR) is 100 cm³/mol. The number of ether oxygens (including phenoxy) is 1. The Balaban J connectivity index is 1.66. The van der Waals surface area contributed by atoms with Crippen molar-refractivity contribution in [3.8, 4) is 0 Å². The molecule has 1 fully saturated rings. The molecule has 0 N–H and O–H groups in total. The first-order chi connectivity index (χ1) is 12.3. The van der Waals surface area contributed by atoms with Crippen molar-refractivity contribution in [1.29, 1.82) is 0 Å². The lowest BCUT2D eigenvalue weighted by Crippen LogP contribution is -2.46. The number of hydrogen-bond acceptors (Lipinski definition) is 6. The van der Waals surface area contributed by atoms with E-state index in [9.17, 15) is 18.0 Å². The molecule has 0 radical (unpaired) electrons. The first kappa shape index (κ1) is 19.4. The second-order valence-corrected chi connectivity index (χ2v) is 10.2. The van der Waals surface area contributed by atoms with Crippen molar-refractivity contribution in [2.75, 3.05) is 18.1 Å². The van der Waals surface area contributed by atoms with Gasteiger partial charge < -0.3 is 9.64 Å². The average molecular weight is 400 g/mol. The van der Waals surface area contributed by atoms with Crippen LogP contribution in [-0.4, -0.2) is 55.4 Å². The zero-order valence-corrected chi connectivity index (χ0v) is 16.8. The smallest absolute Gasteiger partial charge is 0.340 e. The number of aryl methyl sites for hydroxylation is 1. The van der Waals surface area contributed by atoms with Crippen LogP contribution in [0.2, 0.25) is 0 Å².